The van der Waals surface area contributed by atoms with Gasteiger partial charge in [0.25, 0.3) is 11.5 Å². The van der Waals surface area contributed by atoms with Crippen molar-refractivity contribution in [2.45, 2.75) is 32.4 Å². The summed E-state index contributed by atoms with van der Waals surface area (Å²) in [5, 5.41) is 3.53. The predicted octanol–water partition coefficient (Wildman–Crippen LogP) is 1.82. The van der Waals surface area contributed by atoms with E-state index in [0.717, 1.165) is 40.2 Å². The zero-order chi connectivity index (χ0) is 19.7. The molecule has 4 rings (SSSR count). The lowest BCUT2D eigenvalue weighted by Gasteiger charge is -2.12. The average Bonchev–Trinajstić information content (AvgIpc) is 3.18. The lowest BCUT2D eigenvalue weighted by molar-refractivity contribution is 0.0941. The number of carbonyl (C=O) groups is 1. The van der Waals surface area contributed by atoms with Crippen molar-refractivity contribution in [3.8, 4) is 0 Å². The normalized spacial score (nSPS) is 16.4. The zero-order valence-electron chi connectivity index (χ0n) is 15.4. The Morgan fingerprint density at radius 1 is 1.32 bits per heavy atom. The Balaban J connectivity index is 1.65. The van der Waals surface area contributed by atoms with Gasteiger partial charge in [-0.05, 0) is 44.0 Å². The fourth-order valence-corrected chi connectivity index (χ4v) is 3.39. The van der Waals surface area contributed by atoms with Gasteiger partial charge in [0.1, 0.15) is 5.56 Å². The topological polar surface area (TPSA) is 106 Å². The van der Waals surface area contributed by atoms with Crippen molar-refractivity contribution in [3.63, 3.8) is 0 Å². The monoisotopic (exact) mass is 380 g/mol. The number of aromatic amines is 1. The molecule has 1 fully saturated rings. The molecular formula is C20H20N4O4. The van der Waals surface area contributed by atoms with Crippen LogP contribution >= 0.6 is 0 Å². The number of H-pyrrole nitrogens is 1. The Kier molecular flexibility index (Phi) is 4.79. The van der Waals surface area contributed by atoms with Crippen LogP contribution in [0.15, 0.2) is 46.1 Å². The van der Waals surface area contributed by atoms with Crippen LogP contribution in [-0.4, -0.2) is 33.2 Å². The first kappa shape index (κ1) is 18.1. The highest BCUT2D eigenvalue weighted by Gasteiger charge is 2.21. The number of aromatic nitrogens is 3. The third-order valence-electron chi connectivity index (χ3n) is 4.83. The summed E-state index contributed by atoms with van der Waals surface area (Å²) in [6.07, 6.45) is 2.64. The summed E-state index contributed by atoms with van der Waals surface area (Å²) in [4.78, 5) is 44.5. The minimum absolute atomic E-state index is 0.130. The van der Waals surface area contributed by atoms with Gasteiger partial charge in [-0.25, -0.2) is 4.79 Å². The van der Waals surface area contributed by atoms with Gasteiger partial charge in [-0.3, -0.25) is 19.1 Å². The standard InChI is InChI=1S/C20H20N4O4/c1-12-7-8-14-16(22-12)5-2-6-17(14)23-18(25)15-10-21-20(27)24(19(15)26)11-13-4-3-9-28-13/h2,5-8,10,13H,3-4,9,11H2,1H3,(H,21,27)(H,23,25). The molecule has 0 bridgehead atoms. The van der Waals surface area contributed by atoms with E-state index in [4.69, 9.17) is 4.74 Å². The van der Waals surface area contributed by atoms with E-state index >= 15 is 0 Å². The number of hydrogen-bond acceptors (Lipinski definition) is 5. The molecule has 1 amide bonds. The van der Waals surface area contributed by atoms with Crippen molar-refractivity contribution < 1.29 is 9.53 Å². The summed E-state index contributed by atoms with van der Waals surface area (Å²) in [5.41, 5.74) is 0.845. The van der Waals surface area contributed by atoms with E-state index in [1.54, 1.807) is 12.1 Å². The number of fused-ring (bicyclic) bond motifs is 1. The highest BCUT2D eigenvalue weighted by molar-refractivity contribution is 6.08. The molecule has 1 atom stereocenters. The molecule has 144 valence electrons. The van der Waals surface area contributed by atoms with E-state index in [0.29, 0.717) is 12.3 Å². The van der Waals surface area contributed by atoms with Crippen LogP contribution < -0.4 is 16.6 Å². The third kappa shape index (κ3) is 3.46. The zero-order valence-corrected chi connectivity index (χ0v) is 15.4. The number of rotatable bonds is 4. The first-order valence-electron chi connectivity index (χ1n) is 9.15. The van der Waals surface area contributed by atoms with Crippen LogP contribution in [0.5, 0.6) is 0 Å². The number of pyridine rings is 1. The van der Waals surface area contributed by atoms with Crippen LogP contribution in [0.25, 0.3) is 10.9 Å². The molecule has 1 aliphatic rings. The van der Waals surface area contributed by atoms with Crippen molar-refractivity contribution in [2.24, 2.45) is 0 Å². The van der Waals surface area contributed by atoms with Gasteiger partial charge in [-0.15, -0.1) is 0 Å². The molecular weight excluding hydrogens is 360 g/mol. The van der Waals surface area contributed by atoms with Gasteiger partial charge in [0, 0.05) is 23.9 Å². The van der Waals surface area contributed by atoms with Crippen LogP contribution in [-0.2, 0) is 11.3 Å². The largest absolute Gasteiger partial charge is 0.376 e. The molecule has 3 aromatic rings. The van der Waals surface area contributed by atoms with Gasteiger partial charge >= 0.3 is 5.69 Å². The Hall–Kier alpha value is -3.26. The highest BCUT2D eigenvalue weighted by atomic mass is 16.5. The molecule has 8 heteroatoms. The first-order chi connectivity index (χ1) is 13.5. The van der Waals surface area contributed by atoms with E-state index in [2.05, 4.69) is 15.3 Å². The van der Waals surface area contributed by atoms with Gasteiger partial charge in [0.2, 0.25) is 0 Å². The quantitative estimate of drug-likeness (QED) is 0.718. The highest BCUT2D eigenvalue weighted by Crippen LogP contribution is 2.22. The molecule has 2 N–H and O–H groups in total. The van der Waals surface area contributed by atoms with Crippen LogP contribution in [0.1, 0.15) is 28.9 Å². The smallest absolute Gasteiger partial charge is 0.328 e. The maximum Gasteiger partial charge on any atom is 0.328 e. The van der Waals surface area contributed by atoms with Gasteiger partial charge in [0.05, 0.1) is 23.9 Å². The lowest BCUT2D eigenvalue weighted by atomic mass is 10.1. The maximum atomic E-state index is 12.7. The molecule has 0 spiro atoms. The van der Waals surface area contributed by atoms with Crippen LogP contribution in [0, 0.1) is 6.92 Å². The minimum atomic E-state index is -0.633. The van der Waals surface area contributed by atoms with E-state index in [1.165, 1.54) is 0 Å². The molecule has 8 nitrogen and oxygen atoms in total. The summed E-state index contributed by atoms with van der Waals surface area (Å²) >= 11 is 0. The molecule has 28 heavy (non-hydrogen) atoms. The Morgan fingerprint density at radius 2 is 2.18 bits per heavy atom. The van der Waals surface area contributed by atoms with Crippen LogP contribution in [0.2, 0.25) is 0 Å². The number of anilines is 1. The molecule has 1 saturated heterocycles. The maximum absolute atomic E-state index is 12.7. The van der Waals surface area contributed by atoms with Crippen molar-refractivity contribution >= 4 is 22.5 Å². The van der Waals surface area contributed by atoms with Gasteiger partial charge < -0.3 is 15.0 Å². The van der Waals surface area contributed by atoms with E-state index in [-0.39, 0.29) is 18.2 Å². The first-order valence-corrected chi connectivity index (χ1v) is 9.15. The molecule has 2 aromatic heterocycles. The molecule has 1 unspecified atom stereocenters. The second-order valence-electron chi connectivity index (χ2n) is 6.84. The number of nitrogens with zero attached hydrogens (tertiary/aromatic N) is 2. The van der Waals surface area contributed by atoms with Crippen LogP contribution in [0.3, 0.4) is 0 Å². The lowest BCUT2D eigenvalue weighted by Crippen LogP contribution is -2.41. The summed E-state index contributed by atoms with van der Waals surface area (Å²) in [7, 11) is 0. The minimum Gasteiger partial charge on any atom is -0.376 e. The molecule has 1 aromatic carbocycles. The van der Waals surface area contributed by atoms with Crippen molar-refractivity contribution in [1.82, 2.24) is 14.5 Å². The van der Waals surface area contributed by atoms with Gasteiger partial charge in [-0.1, -0.05) is 6.07 Å². The van der Waals surface area contributed by atoms with E-state index in [1.807, 2.05) is 25.1 Å². The Morgan fingerprint density at radius 3 is 2.96 bits per heavy atom. The fourth-order valence-electron chi connectivity index (χ4n) is 3.39. The number of carbonyl (C=O) groups excluding carboxylic acids is 1. The fraction of sp³-hybridized carbons (Fsp3) is 0.300. The Labute approximate surface area is 160 Å². The molecule has 3 heterocycles. The van der Waals surface area contributed by atoms with E-state index < -0.39 is 17.2 Å². The second-order valence-corrected chi connectivity index (χ2v) is 6.84. The third-order valence-corrected chi connectivity index (χ3v) is 4.83. The summed E-state index contributed by atoms with van der Waals surface area (Å²) in [6.45, 7) is 2.64. The van der Waals surface area contributed by atoms with Gasteiger partial charge in [0.15, 0.2) is 0 Å². The number of ether oxygens (including phenoxy) is 1. The summed E-state index contributed by atoms with van der Waals surface area (Å²) in [6, 6.07) is 9.11. The molecule has 0 aliphatic carbocycles. The molecule has 1 aliphatic heterocycles. The molecule has 0 saturated carbocycles. The summed E-state index contributed by atoms with van der Waals surface area (Å²) < 4.78 is 6.53. The number of amides is 1. The van der Waals surface area contributed by atoms with Gasteiger partial charge in [-0.2, -0.15) is 0 Å². The summed E-state index contributed by atoms with van der Waals surface area (Å²) in [5.74, 6) is -0.588. The van der Waals surface area contributed by atoms with E-state index in [9.17, 15) is 14.4 Å². The Bertz CT molecular complexity index is 1160. The number of nitrogens with one attached hydrogen (secondary N) is 2. The number of aryl methyl sites for hydroxylation is 1. The van der Waals surface area contributed by atoms with Crippen LogP contribution in [0.4, 0.5) is 5.69 Å². The second kappa shape index (κ2) is 7.40. The number of benzene rings is 1. The SMILES string of the molecule is Cc1ccc2c(NC(=O)c3c[nH]c(=O)n(CC4CCCO4)c3=O)cccc2n1. The predicted molar refractivity (Wildman–Crippen MR) is 105 cm³/mol. The molecule has 0 radical (unpaired) electrons. The van der Waals surface area contributed by atoms with Crippen molar-refractivity contribution in [3.05, 3.63) is 68.6 Å². The number of hydrogen-bond donors (Lipinski definition) is 2. The van der Waals surface area contributed by atoms with Crippen molar-refractivity contribution in [2.75, 3.05) is 11.9 Å². The average molecular weight is 380 g/mol. The van der Waals surface area contributed by atoms with Crippen molar-refractivity contribution in [1.29, 1.82) is 0 Å².